The molecule has 3 aromatic rings. The van der Waals surface area contributed by atoms with Crippen molar-refractivity contribution in [3.8, 4) is 17.2 Å². The number of ether oxygens (including phenoxy) is 3. The Labute approximate surface area is 229 Å². The summed E-state index contributed by atoms with van der Waals surface area (Å²) in [6.45, 7) is -0.654. The summed E-state index contributed by atoms with van der Waals surface area (Å²) >= 11 is 18.2. The van der Waals surface area contributed by atoms with E-state index in [1.54, 1.807) is 12.1 Å². The van der Waals surface area contributed by atoms with Gasteiger partial charge in [-0.1, -0.05) is 40.9 Å². The highest BCUT2D eigenvalue weighted by atomic mass is 35.5. The number of sulfonamides is 1. The predicted octanol–water partition coefficient (Wildman–Crippen LogP) is 5.02. The fourth-order valence-electron chi connectivity index (χ4n) is 3.21. The highest BCUT2D eigenvalue weighted by Crippen LogP contribution is 2.37. The number of hydrogen-bond donors (Lipinski definition) is 1. The lowest BCUT2D eigenvalue weighted by Gasteiger charge is -2.25. The van der Waals surface area contributed by atoms with Crippen LogP contribution < -0.4 is 23.9 Å². The molecule has 1 amide bonds. The Morgan fingerprint density at radius 3 is 2.16 bits per heavy atom. The van der Waals surface area contributed by atoms with Crippen LogP contribution in [0.5, 0.6) is 17.2 Å². The van der Waals surface area contributed by atoms with Gasteiger partial charge in [-0.15, -0.1) is 0 Å². The van der Waals surface area contributed by atoms with Crippen LogP contribution in [0.4, 0.5) is 5.69 Å². The molecule has 0 aromatic heterocycles. The number of halogens is 3. The minimum absolute atomic E-state index is 0.0460. The predicted molar refractivity (Wildman–Crippen MR) is 144 cm³/mol. The van der Waals surface area contributed by atoms with Gasteiger partial charge in [0.1, 0.15) is 12.3 Å². The Bertz CT molecular complexity index is 1430. The normalized spacial score (nSPS) is 11.3. The van der Waals surface area contributed by atoms with Crippen molar-refractivity contribution in [2.45, 2.75) is 4.90 Å². The van der Waals surface area contributed by atoms with E-state index in [4.69, 9.17) is 49.0 Å². The summed E-state index contributed by atoms with van der Waals surface area (Å²) in [5.41, 5.74) is 2.85. The minimum Gasteiger partial charge on any atom is -0.495 e. The molecule has 37 heavy (non-hydrogen) atoms. The van der Waals surface area contributed by atoms with Crippen molar-refractivity contribution in [1.29, 1.82) is 0 Å². The SMILES string of the molecule is COc1ccc(S(=O)(=O)N(CC(=O)N/N=C\c2ccc(Cl)cc2Cl)c2cc(Cl)ccc2OC)cc1OC. The lowest BCUT2D eigenvalue weighted by Crippen LogP contribution is -2.39. The Hall–Kier alpha value is -3.18. The number of nitrogens with zero attached hydrogens (tertiary/aromatic N) is 2. The van der Waals surface area contributed by atoms with E-state index in [9.17, 15) is 13.2 Å². The second-order valence-corrected chi connectivity index (χ2v) is 10.4. The van der Waals surface area contributed by atoms with Crippen LogP contribution in [0.2, 0.25) is 15.1 Å². The number of benzene rings is 3. The molecule has 0 unspecified atom stereocenters. The van der Waals surface area contributed by atoms with Gasteiger partial charge >= 0.3 is 0 Å². The molecule has 0 heterocycles. The molecule has 0 aliphatic carbocycles. The molecular weight excluding hydrogens is 565 g/mol. The summed E-state index contributed by atoms with van der Waals surface area (Å²) in [6, 6.07) is 13.2. The van der Waals surface area contributed by atoms with Crippen LogP contribution in [0.3, 0.4) is 0 Å². The van der Waals surface area contributed by atoms with Crippen molar-refractivity contribution < 1.29 is 27.4 Å². The molecule has 0 saturated heterocycles. The third-order valence-electron chi connectivity index (χ3n) is 5.00. The van der Waals surface area contributed by atoms with Gasteiger partial charge in [0.05, 0.1) is 43.1 Å². The molecule has 0 atom stereocenters. The Morgan fingerprint density at radius 2 is 1.51 bits per heavy atom. The maximum atomic E-state index is 13.8. The van der Waals surface area contributed by atoms with E-state index in [-0.39, 0.29) is 27.1 Å². The Kier molecular flexibility index (Phi) is 9.50. The second-order valence-electron chi connectivity index (χ2n) is 7.30. The van der Waals surface area contributed by atoms with Crippen LogP contribution in [0, 0.1) is 0 Å². The molecule has 13 heteroatoms. The van der Waals surface area contributed by atoms with Crippen LogP contribution in [0.25, 0.3) is 0 Å². The molecule has 9 nitrogen and oxygen atoms in total. The summed E-state index contributed by atoms with van der Waals surface area (Å²) in [5.74, 6) is -0.0399. The van der Waals surface area contributed by atoms with Crippen LogP contribution in [-0.2, 0) is 14.8 Å². The van der Waals surface area contributed by atoms with Crippen molar-refractivity contribution in [3.63, 3.8) is 0 Å². The standard InChI is InChI=1S/C24H22Cl3N3O6S/c1-34-21-8-6-17(26)11-20(21)30(37(32,33)18-7-9-22(35-2)23(12-18)36-3)14-24(31)29-28-13-15-4-5-16(25)10-19(15)27/h4-13H,14H2,1-3H3,(H,29,31)/b28-13-. The number of hydrazone groups is 1. The Balaban J connectivity index is 1.98. The number of hydrogen-bond acceptors (Lipinski definition) is 7. The maximum absolute atomic E-state index is 13.8. The molecule has 0 radical (unpaired) electrons. The molecule has 0 saturated carbocycles. The maximum Gasteiger partial charge on any atom is 0.265 e. The van der Waals surface area contributed by atoms with Crippen molar-refractivity contribution in [1.82, 2.24) is 5.43 Å². The molecule has 196 valence electrons. The van der Waals surface area contributed by atoms with E-state index in [2.05, 4.69) is 10.5 Å². The smallest absolute Gasteiger partial charge is 0.265 e. The zero-order chi connectivity index (χ0) is 27.2. The zero-order valence-corrected chi connectivity index (χ0v) is 23.0. The van der Waals surface area contributed by atoms with E-state index in [1.165, 1.54) is 70.0 Å². The van der Waals surface area contributed by atoms with Gasteiger partial charge in [-0.3, -0.25) is 9.10 Å². The molecule has 1 N–H and O–H groups in total. The third-order valence-corrected chi connectivity index (χ3v) is 7.55. The van der Waals surface area contributed by atoms with Gasteiger partial charge in [0.25, 0.3) is 15.9 Å². The van der Waals surface area contributed by atoms with Crippen molar-refractivity contribution in [2.24, 2.45) is 5.10 Å². The molecular formula is C24H22Cl3N3O6S. The minimum atomic E-state index is -4.33. The molecule has 3 aromatic carbocycles. The van der Waals surface area contributed by atoms with E-state index in [1.807, 2.05) is 0 Å². The first kappa shape index (κ1) is 28.4. The molecule has 0 spiro atoms. The van der Waals surface area contributed by atoms with E-state index < -0.39 is 22.5 Å². The molecule has 0 aliphatic rings. The van der Waals surface area contributed by atoms with Crippen molar-refractivity contribution in [3.05, 3.63) is 75.2 Å². The van der Waals surface area contributed by atoms with Crippen LogP contribution in [0.15, 0.2) is 64.6 Å². The largest absolute Gasteiger partial charge is 0.495 e. The number of amides is 1. The van der Waals surface area contributed by atoms with Gasteiger partial charge in [0.2, 0.25) is 0 Å². The number of rotatable bonds is 10. The number of methoxy groups -OCH3 is 3. The van der Waals surface area contributed by atoms with Crippen molar-refractivity contribution in [2.75, 3.05) is 32.2 Å². The molecule has 0 aliphatic heterocycles. The average molecular weight is 587 g/mol. The van der Waals surface area contributed by atoms with Crippen LogP contribution in [0.1, 0.15) is 5.56 Å². The summed E-state index contributed by atoms with van der Waals surface area (Å²) in [4.78, 5) is 12.7. The van der Waals surface area contributed by atoms with Gasteiger partial charge in [0, 0.05) is 21.7 Å². The van der Waals surface area contributed by atoms with Gasteiger partial charge in [-0.05, 0) is 42.5 Å². The monoisotopic (exact) mass is 585 g/mol. The summed E-state index contributed by atoms with van der Waals surface area (Å²) in [7, 11) is -0.158. The molecule has 3 rings (SSSR count). The van der Waals surface area contributed by atoms with Crippen LogP contribution in [-0.4, -0.2) is 48.4 Å². The lowest BCUT2D eigenvalue weighted by atomic mass is 10.2. The first-order chi connectivity index (χ1) is 17.6. The summed E-state index contributed by atoms with van der Waals surface area (Å²) in [5, 5.41) is 4.88. The number of carbonyl (C=O) groups is 1. The van der Waals surface area contributed by atoms with Gasteiger partial charge < -0.3 is 14.2 Å². The quantitative estimate of drug-likeness (QED) is 0.264. The average Bonchev–Trinajstić information content (AvgIpc) is 2.87. The van der Waals surface area contributed by atoms with E-state index >= 15 is 0 Å². The highest BCUT2D eigenvalue weighted by molar-refractivity contribution is 7.92. The fourth-order valence-corrected chi connectivity index (χ4v) is 5.27. The Morgan fingerprint density at radius 1 is 0.892 bits per heavy atom. The summed E-state index contributed by atoms with van der Waals surface area (Å²) < 4.78 is 44.2. The van der Waals surface area contributed by atoms with Crippen LogP contribution >= 0.6 is 34.8 Å². The molecule has 0 bridgehead atoms. The van der Waals surface area contributed by atoms with Gasteiger partial charge in [-0.25, -0.2) is 13.8 Å². The fraction of sp³-hybridized carbons (Fsp3) is 0.167. The van der Waals surface area contributed by atoms with Crippen molar-refractivity contribution >= 4 is 62.6 Å². The van der Waals surface area contributed by atoms with E-state index in [0.29, 0.717) is 21.4 Å². The lowest BCUT2D eigenvalue weighted by molar-refractivity contribution is -0.119. The third kappa shape index (κ3) is 6.78. The summed E-state index contributed by atoms with van der Waals surface area (Å²) in [6.07, 6.45) is 1.31. The second kappa shape index (κ2) is 12.4. The van der Waals surface area contributed by atoms with Gasteiger partial charge in [0.15, 0.2) is 11.5 Å². The first-order valence-corrected chi connectivity index (χ1v) is 13.0. The molecule has 0 fully saturated rings. The van der Waals surface area contributed by atoms with Gasteiger partial charge in [-0.2, -0.15) is 5.10 Å². The number of anilines is 1. The highest BCUT2D eigenvalue weighted by Gasteiger charge is 2.30. The zero-order valence-electron chi connectivity index (χ0n) is 19.9. The number of nitrogens with one attached hydrogen (secondary N) is 1. The topological polar surface area (TPSA) is 107 Å². The van der Waals surface area contributed by atoms with E-state index in [0.717, 1.165) is 4.31 Å². The first-order valence-electron chi connectivity index (χ1n) is 10.5. The number of carbonyl (C=O) groups excluding carboxylic acids is 1.